The van der Waals surface area contributed by atoms with Crippen LogP contribution in [0.5, 0.6) is 0 Å². The summed E-state index contributed by atoms with van der Waals surface area (Å²) in [4.78, 5) is 0. The average molecular weight is 213 g/mol. The van der Waals surface area contributed by atoms with Crippen LogP contribution in [0.3, 0.4) is 0 Å². The first-order chi connectivity index (χ1) is 7.27. The van der Waals surface area contributed by atoms with E-state index in [1.165, 1.54) is 25.7 Å². The molecule has 15 heavy (non-hydrogen) atoms. The monoisotopic (exact) mass is 213 g/mol. The molecule has 0 bridgehead atoms. The zero-order valence-corrected chi connectivity index (χ0v) is 9.61. The van der Waals surface area contributed by atoms with Crippen LogP contribution in [0.15, 0.2) is 0 Å². The number of aliphatic hydroxyl groups is 1. The molecule has 1 saturated heterocycles. The van der Waals surface area contributed by atoms with Crippen LogP contribution in [-0.4, -0.2) is 37.0 Å². The van der Waals surface area contributed by atoms with Crippen LogP contribution in [0, 0.1) is 11.8 Å². The molecule has 1 heterocycles. The number of aliphatic hydroxyl groups excluding tert-OH is 1. The van der Waals surface area contributed by atoms with E-state index >= 15 is 0 Å². The highest BCUT2D eigenvalue weighted by Gasteiger charge is 2.28. The summed E-state index contributed by atoms with van der Waals surface area (Å²) < 4.78 is 5.22. The molecule has 0 aromatic heterocycles. The van der Waals surface area contributed by atoms with Crippen molar-refractivity contribution in [3.63, 3.8) is 0 Å². The van der Waals surface area contributed by atoms with Gasteiger partial charge in [-0.3, -0.25) is 0 Å². The van der Waals surface area contributed by atoms with Gasteiger partial charge in [-0.15, -0.1) is 0 Å². The first kappa shape index (κ1) is 11.4. The second-order valence-corrected chi connectivity index (χ2v) is 5.14. The summed E-state index contributed by atoms with van der Waals surface area (Å²) in [5.74, 6) is 1.64. The highest BCUT2D eigenvalue weighted by Crippen LogP contribution is 2.29. The molecule has 1 aliphatic carbocycles. The maximum absolute atomic E-state index is 9.60. The summed E-state index contributed by atoms with van der Waals surface area (Å²) in [6.07, 6.45) is 5.19. The van der Waals surface area contributed by atoms with Gasteiger partial charge in [0, 0.05) is 0 Å². The molecule has 0 spiro atoms. The van der Waals surface area contributed by atoms with Crippen molar-refractivity contribution in [2.75, 3.05) is 19.8 Å². The Hall–Kier alpha value is -0.120. The summed E-state index contributed by atoms with van der Waals surface area (Å²) in [6.45, 7) is 4.57. The van der Waals surface area contributed by atoms with E-state index in [-0.39, 0.29) is 12.1 Å². The third-order valence-electron chi connectivity index (χ3n) is 3.98. The van der Waals surface area contributed by atoms with Gasteiger partial charge in [0.05, 0.1) is 25.4 Å². The molecular formula is C12H23NO2. The Kier molecular flexibility index (Phi) is 4.00. The lowest BCUT2D eigenvalue weighted by molar-refractivity contribution is 0.121. The van der Waals surface area contributed by atoms with Crippen LogP contribution in [0.1, 0.15) is 32.6 Å². The van der Waals surface area contributed by atoms with Crippen LogP contribution in [0.25, 0.3) is 0 Å². The molecule has 3 heteroatoms. The predicted octanol–water partition coefficient (Wildman–Crippen LogP) is 1.16. The first-order valence-corrected chi connectivity index (χ1v) is 6.26. The van der Waals surface area contributed by atoms with E-state index in [2.05, 4.69) is 12.2 Å². The number of ether oxygens (including phenoxy) is 1. The van der Waals surface area contributed by atoms with Gasteiger partial charge in [0.25, 0.3) is 0 Å². The summed E-state index contributed by atoms with van der Waals surface area (Å²) in [5, 5.41) is 13.1. The fourth-order valence-electron chi connectivity index (χ4n) is 2.74. The number of nitrogens with one attached hydrogen (secondary N) is 1. The molecule has 0 aromatic rings. The van der Waals surface area contributed by atoms with Crippen molar-refractivity contribution in [3.05, 3.63) is 0 Å². The molecule has 4 unspecified atom stereocenters. The van der Waals surface area contributed by atoms with E-state index in [9.17, 15) is 5.11 Å². The van der Waals surface area contributed by atoms with E-state index in [0.29, 0.717) is 13.2 Å². The maximum Gasteiger partial charge on any atom is 0.0948 e. The van der Waals surface area contributed by atoms with Gasteiger partial charge in [-0.2, -0.15) is 0 Å². The number of rotatable bonds is 3. The van der Waals surface area contributed by atoms with Crippen molar-refractivity contribution >= 4 is 0 Å². The van der Waals surface area contributed by atoms with E-state index in [0.717, 1.165) is 18.4 Å². The standard InChI is InChI=1S/C12H23NO2/c1-9-4-2-3-5-10(9)6-13-11-7-15-8-12(11)14/h9-14H,2-8H2,1H3. The zero-order valence-electron chi connectivity index (χ0n) is 9.61. The van der Waals surface area contributed by atoms with Crippen LogP contribution < -0.4 is 5.32 Å². The molecule has 1 aliphatic heterocycles. The third-order valence-corrected chi connectivity index (χ3v) is 3.98. The Morgan fingerprint density at radius 3 is 2.73 bits per heavy atom. The molecule has 4 atom stereocenters. The van der Waals surface area contributed by atoms with Gasteiger partial charge >= 0.3 is 0 Å². The van der Waals surface area contributed by atoms with Gasteiger partial charge in [0.2, 0.25) is 0 Å². The molecule has 2 N–H and O–H groups in total. The van der Waals surface area contributed by atoms with Crippen LogP contribution >= 0.6 is 0 Å². The van der Waals surface area contributed by atoms with Gasteiger partial charge in [0.15, 0.2) is 0 Å². The lowest BCUT2D eigenvalue weighted by Gasteiger charge is -2.30. The Balaban J connectivity index is 1.72. The van der Waals surface area contributed by atoms with Crippen LogP contribution in [0.4, 0.5) is 0 Å². The molecule has 0 amide bonds. The molecule has 88 valence electrons. The Labute approximate surface area is 92.2 Å². The summed E-state index contributed by atoms with van der Waals surface area (Å²) >= 11 is 0. The maximum atomic E-state index is 9.60. The SMILES string of the molecule is CC1CCCCC1CNC1COCC1O. The van der Waals surface area contributed by atoms with Crippen molar-refractivity contribution in [1.29, 1.82) is 0 Å². The molecule has 2 rings (SSSR count). The van der Waals surface area contributed by atoms with E-state index in [4.69, 9.17) is 4.74 Å². The van der Waals surface area contributed by atoms with E-state index < -0.39 is 0 Å². The average Bonchev–Trinajstić information content (AvgIpc) is 2.63. The third kappa shape index (κ3) is 2.92. The second kappa shape index (κ2) is 5.28. The van der Waals surface area contributed by atoms with Crippen molar-refractivity contribution in [1.82, 2.24) is 5.32 Å². The molecule has 0 aromatic carbocycles. The van der Waals surface area contributed by atoms with Crippen molar-refractivity contribution in [3.8, 4) is 0 Å². The quantitative estimate of drug-likeness (QED) is 0.739. The van der Waals surface area contributed by atoms with Crippen LogP contribution in [-0.2, 0) is 4.74 Å². The van der Waals surface area contributed by atoms with Crippen molar-refractivity contribution in [2.45, 2.75) is 44.8 Å². The highest BCUT2D eigenvalue weighted by atomic mass is 16.5. The molecule has 1 saturated carbocycles. The molecule has 2 fully saturated rings. The van der Waals surface area contributed by atoms with Crippen molar-refractivity contribution < 1.29 is 9.84 Å². The smallest absolute Gasteiger partial charge is 0.0948 e. The molecule has 2 aliphatic rings. The fraction of sp³-hybridized carbons (Fsp3) is 1.00. The first-order valence-electron chi connectivity index (χ1n) is 6.26. The normalized spacial score (nSPS) is 42.0. The number of hydrogen-bond donors (Lipinski definition) is 2. The minimum atomic E-state index is -0.302. The minimum Gasteiger partial charge on any atom is -0.389 e. The lowest BCUT2D eigenvalue weighted by atomic mass is 9.80. The lowest BCUT2D eigenvalue weighted by Crippen LogP contribution is -2.42. The molecule has 3 nitrogen and oxygen atoms in total. The largest absolute Gasteiger partial charge is 0.389 e. The molecule has 0 radical (unpaired) electrons. The van der Waals surface area contributed by atoms with Gasteiger partial charge < -0.3 is 15.2 Å². The molecular weight excluding hydrogens is 190 g/mol. The van der Waals surface area contributed by atoms with E-state index in [1.54, 1.807) is 0 Å². The number of hydrogen-bond acceptors (Lipinski definition) is 3. The van der Waals surface area contributed by atoms with Gasteiger partial charge in [-0.1, -0.05) is 26.2 Å². The van der Waals surface area contributed by atoms with Gasteiger partial charge in [0.1, 0.15) is 0 Å². The Morgan fingerprint density at radius 2 is 2.07 bits per heavy atom. The van der Waals surface area contributed by atoms with Gasteiger partial charge in [-0.05, 0) is 24.8 Å². The predicted molar refractivity (Wildman–Crippen MR) is 59.7 cm³/mol. The van der Waals surface area contributed by atoms with E-state index in [1.807, 2.05) is 0 Å². The summed E-state index contributed by atoms with van der Waals surface area (Å²) in [5.41, 5.74) is 0. The minimum absolute atomic E-state index is 0.166. The van der Waals surface area contributed by atoms with Gasteiger partial charge in [-0.25, -0.2) is 0 Å². The Morgan fingerprint density at radius 1 is 1.27 bits per heavy atom. The Bertz CT molecular complexity index is 198. The topological polar surface area (TPSA) is 41.5 Å². The summed E-state index contributed by atoms with van der Waals surface area (Å²) in [6, 6.07) is 0.166. The zero-order chi connectivity index (χ0) is 10.7. The fourth-order valence-corrected chi connectivity index (χ4v) is 2.74. The van der Waals surface area contributed by atoms with Crippen LogP contribution in [0.2, 0.25) is 0 Å². The second-order valence-electron chi connectivity index (χ2n) is 5.14. The van der Waals surface area contributed by atoms with Crippen molar-refractivity contribution in [2.24, 2.45) is 11.8 Å². The summed E-state index contributed by atoms with van der Waals surface area (Å²) in [7, 11) is 0. The highest BCUT2D eigenvalue weighted by molar-refractivity contribution is 4.83.